The average molecular weight is 390 g/mol. The van der Waals surface area contributed by atoms with Gasteiger partial charge >= 0.3 is 0 Å². The second kappa shape index (κ2) is 36.3. The molecule has 0 saturated carbocycles. The van der Waals surface area contributed by atoms with Crippen LogP contribution < -0.4 is 0 Å². The third-order valence-electron chi connectivity index (χ3n) is 4.37. The first-order chi connectivity index (χ1) is 12.7. The summed E-state index contributed by atoms with van der Waals surface area (Å²) in [6.45, 7) is 10.1. The predicted octanol–water partition coefficient (Wildman–Crippen LogP) is 8.80. The van der Waals surface area contributed by atoms with Crippen molar-refractivity contribution in [2.24, 2.45) is 0 Å². The van der Waals surface area contributed by atoms with Gasteiger partial charge in [-0.2, -0.15) is 12.6 Å². The Morgan fingerprint density at radius 2 is 0.808 bits per heavy atom. The number of hydrogen-bond acceptors (Lipinski definition) is 2. The Morgan fingerprint density at radius 3 is 1.04 bits per heavy atom. The highest BCUT2D eigenvalue weighted by atomic mass is 32.1. The van der Waals surface area contributed by atoms with Crippen molar-refractivity contribution < 1.29 is 5.11 Å². The maximum Gasteiger partial charge on any atom is 0.0402 e. The molecule has 1 N–H and O–H groups in total. The zero-order chi connectivity index (χ0) is 20.1. The molecule has 0 heterocycles. The van der Waals surface area contributed by atoms with E-state index in [1.165, 1.54) is 109 Å². The average Bonchev–Trinajstić information content (AvgIpc) is 2.65. The first-order valence-corrected chi connectivity index (χ1v) is 12.4. The van der Waals surface area contributed by atoms with E-state index in [0.29, 0.717) is 0 Å². The first kappa shape index (κ1) is 31.0. The molecule has 0 aromatic rings. The maximum atomic E-state index is 7.57. The summed E-state index contributed by atoms with van der Waals surface area (Å²) in [7, 11) is 0. The minimum absolute atomic E-state index is 0.250. The number of rotatable bonds is 17. The molecular formula is C24H53OS. The molecule has 0 saturated heterocycles. The fraction of sp³-hybridized carbons (Fsp3) is 0.958. The number of aliphatic hydroxyl groups is 1. The zero-order valence-electron chi connectivity index (χ0n) is 18.7. The van der Waals surface area contributed by atoms with Gasteiger partial charge in [-0.15, -0.1) is 0 Å². The van der Waals surface area contributed by atoms with Crippen LogP contribution in [0, 0.1) is 6.92 Å². The lowest BCUT2D eigenvalue weighted by Crippen LogP contribution is -1.83. The zero-order valence-corrected chi connectivity index (χ0v) is 19.6. The molecule has 0 aliphatic heterocycles. The number of aliphatic hydroxyl groups excluding tert-OH is 1. The monoisotopic (exact) mass is 389 g/mol. The van der Waals surface area contributed by atoms with Gasteiger partial charge in [-0.1, -0.05) is 130 Å². The molecule has 0 atom stereocenters. The second-order valence-corrected chi connectivity index (χ2v) is 7.64. The summed E-state index contributed by atoms with van der Waals surface area (Å²) in [6.07, 6.45) is 25.2. The molecule has 161 valence electrons. The van der Waals surface area contributed by atoms with Crippen molar-refractivity contribution in [3.05, 3.63) is 6.92 Å². The Kier molecular flexibility index (Phi) is 43.3. The lowest BCUT2D eigenvalue weighted by atomic mass is 10.0. The van der Waals surface area contributed by atoms with E-state index in [9.17, 15) is 0 Å². The summed E-state index contributed by atoms with van der Waals surface area (Å²) < 4.78 is 0. The van der Waals surface area contributed by atoms with Gasteiger partial charge in [-0.25, -0.2) is 0 Å². The largest absolute Gasteiger partial charge is 0.397 e. The summed E-state index contributed by atoms with van der Waals surface area (Å²) in [5.41, 5.74) is 0. The van der Waals surface area contributed by atoms with Crippen LogP contribution in [0.2, 0.25) is 0 Å². The minimum Gasteiger partial charge on any atom is -0.397 e. The highest BCUT2D eigenvalue weighted by Gasteiger charge is 1.93. The van der Waals surface area contributed by atoms with Crippen LogP contribution in [0.5, 0.6) is 0 Å². The van der Waals surface area contributed by atoms with Gasteiger partial charge in [-0.05, 0) is 19.1 Å². The molecule has 1 radical (unpaired) electrons. The van der Waals surface area contributed by atoms with Crippen LogP contribution in [0.3, 0.4) is 0 Å². The molecule has 0 fully saturated rings. The molecule has 0 amide bonds. The molecule has 0 bridgehead atoms. The van der Waals surface area contributed by atoms with E-state index in [1.54, 1.807) is 6.92 Å². The third kappa shape index (κ3) is 44.1. The Hall–Kier alpha value is 0.310. The van der Waals surface area contributed by atoms with Gasteiger partial charge in [0.05, 0.1) is 0 Å². The molecule has 0 aromatic carbocycles. The van der Waals surface area contributed by atoms with E-state index in [-0.39, 0.29) is 6.61 Å². The SMILES string of the molecule is CCCCCCCCCCCCCCCCS.CCO.[CH2]CCCCC. The molecular weight excluding hydrogens is 336 g/mol. The fourth-order valence-corrected chi connectivity index (χ4v) is 2.96. The summed E-state index contributed by atoms with van der Waals surface area (Å²) in [6, 6.07) is 0. The van der Waals surface area contributed by atoms with Crippen molar-refractivity contribution in [1.29, 1.82) is 0 Å². The molecule has 0 aliphatic carbocycles. The normalized spacial score (nSPS) is 9.92. The Bertz CT molecular complexity index is 167. The van der Waals surface area contributed by atoms with E-state index in [4.69, 9.17) is 5.11 Å². The van der Waals surface area contributed by atoms with Gasteiger partial charge < -0.3 is 5.11 Å². The van der Waals surface area contributed by atoms with E-state index >= 15 is 0 Å². The topological polar surface area (TPSA) is 20.2 Å². The fourth-order valence-electron chi connectivity index (χ4n) is 2.73. The summed E-state index contributed by atoms with van der Waals surface area (Å²) in [4.78, 5) is 0. The standard InChI is InChI=1S/C16H34S.C6H13.C2H6O/c1-2-3-4-5-6-7-8-9-10-11-12-13-14-15-16-17;1-3-5-6-4-2;1-2-3/h17H,2-16H2,1H3;1,3-6H2,2H3;3H,2H2,1H3. The van der Waals surface area contributed by atoms with E-state index < -0.39 is 0 Å². The molecule has 0 aliphatic rings. The van der Waals surface area contributed by atoms with Crippen LogP contribution in [0.25, 0.3) is 0 Å². The van der Waals surface area contributed by atoms with Crippen molar-refractivity contribution in [3.8, 4) is 0 Å². The quantitative estimate of drug-likeness (QED) is 0.188. The lowest BCUT2D eigenvalue weighted by Gasteiger charge is -2.02. The van der Waals surface area contributed by atoms with Crippen LogP contribution in [-0.2, 0) is 0 Å². The van der Waals surface area contributed by atoms with Gasteiger partial charge in [-0.3, -0.25) is 0 Å². The van der Waals surface area contributed by atoms with Crippen molar-refractivity contribution in [2.45, 2.75) is 136 Å². The number of hydrogen-bond donors (Lipinski definition) is 2. The van der Waals surface area contributed by atoms with Crippen molar-refractivity contribution >= 4 is 12.6 Å². The molecule has 1 nitrogen and oxygen atoms in total. The Labute approximate surface area is 173 Å². The smallest absolute Gasteiger partial charge is 0.0402 e. The van der Waals surface area contributed by atoms with Crippen LogP contribution in [0.4, 0.5) is 0 Å². The van der Waals surface area contributed by atoms with E-state index in [0.717, 1.165) is 12.2 Å². The van der Waals surface area contributed by atoms with E-state index in [2.05, 4.69) is 33.4 Å². The van der Waals surface area contributed by atoms with Crippen LogP contribution in [0.1, 0.15) is 136 Å². The molecule has 26 heavy (non-hydrogen) atoms. The number of unbranched alkanes of at least 4 members (excludes halogenated alkanes) is 16. The van der Waals surface area contributed by atoms with Crippen molar-refractivity contribution in [2.75, 3.05) is 12.4 Å². The van der Waals surface area contributed by atoms with Crippen molar-refractivity contribution in [3.63, 3.8) is 0 Å². The molecule has 0 rings (SSSR count). The second-order valence-electron chi connectivity index (χ2n) is 7.20. The van der Waals surface area contributed by atoms with Gasteiger partial charge in [0.2, 0.25) is 0 Å². The van der Waals surface area contributed by atoms with Gasteiger partial charge in [0.25, 0.3) is 0 Å². The Balaban J connectivity index is -0.000000486. The molecule has 2 heteroatoms. The minimum atomic E-state index is 0.250. The number of thiol groups is 1. The van der Waals surface area contributed by atoms with Gasteiger partial charge in [0.1, 0.15) is 0 Å². The molecule has 0 aromatic heterocycles. The highest BCUT2D eigenvalue weighted by Crippen LogP contribution is 2.12. The highest BCUT2D eigenvalue weighted by molar-refractivity contribution is 7.80. The van der Waals surface area contributed by atoms with Crippen molar-refractivity contribution in [1.82, 2.24) is 0 Å². The Morgan fingerprint density at radius 1 is 0.538 bits per heavy atom. The lowest BCUT2D eigenvalue weighted by molar-refractivity contribution is 0.318. The third-order valence-corrected chi connectivity index (χ3v) is 4.68. The van der Waals surface area contributed by atoms with Crippen LogP contribution >= 0.6 is 12.6 Å². The predicted molar refractivity (Wildman–Crippen MR) is 126 cm³/mol. The van der Waals surface area contributed by atoms with Crippen LogP contribution in [0.15, 0.2) is 0 Å². The van der Waals surface area contributed by atoms with Gasteiger partial charge in [0, 0.05) is 6.61 Å². The van der Waals surface area contributed by atoms with Crippen LogP contribution in [-0.4, -0.2) is 17.5 Å². The summed E-state index contributed by atoms with van der Waals surface area (Å²) >= 11 is 4.23. The molecule has 0 unspecified atom stereocenters. The maximum absolute atomic E-state index is 7.57. The summed E-state index contributed by atoms with van der Waals surface area (Å²) in [5.74, 6) is 1.07. The van der Waals surface area contributed by atoms with Gasteiger partial charge in [0.15, 0.2) is 0 Å². The molecule has 0 spiro atoms. The first-order valence-electron chi connectivity index (χ1n) is 11.8. The van der Waals surface area contributed by atoms with E-state index in [1.807, 2.05) is 0 Å². The summed E-state index contributed by atoms with van der Waals surface area (Å²) in [5, 5.41) is 7.57.